The Morgan fingerprint density at radius 3 is 1.74 bits per heavy atom. The third kappa shape index (κ3) is 23.3. The third-order valence-electron chi connectivity index (χ3n) is 19.6. The third-order valence-corrected chi connectivity index (χ3v) is 19.6. The van der Waals surface area contributed by atoms with Crippen LogP contribution >= 0.6 is 0 Å². The van der Waals surface area contributed by atoms with Crippen molar-refractivity contribution >= 4 is 30.0 Å². The van der Waals surface area contributed by atoms with Gasteiger partial charge in [0.15, 0.2) is 55.9 Å². The van der Waals surface area contributed by atoms with Crippen molar-refractivity contribution in [2.24, 2.45) is 5.92 Å². The highest BCUT2D eigenvalue weighted by Gasteiger charge is 2.59. The number of hydrogen-bond acceptors (Lipinski definition) is 25. The van der Waals surface area contributed by atoms with Gasteiger partial charge in [-0.3, -0.25) is 14.4 Å². The van der Waals surface area contributed by atoms with Crippen LogP contribution < -0.4 is 0 Å². The molecule has 6 aliphatic heterocycles. The van der Waals surface area contributed by atoms with Gasteiger partial charge in [-0.25, -0.2) is 4.79 Å². The van der Waals surface area contributed by atoms with Crippen molar-refractivity contribution < 1.29 is 121 Å². The zero-order valence-corrected chi connectivity index (χ0v) is 58.6. The molecule has 25 nitrogen and oxygen atoms in total. The molecule has 6 saturated heterocycles. The Labute approximate surface area is 573 Å². The highest BCUT2D eigenvalue weighted by atomic mass is 16.8. The van der Waals surface area contributed by atoms with Crippen LogP contribution in [0.15, 0.2) is 36.4 Å². The van der Waals surface area contributed by atoms with Gasteiger partial charge in [-0.15, -0.1) is 0 Å². The van der Waals surface area contributed by atoms with Crippen LogP contribution in [0.5, 0.6) is 0 Å². The predicted octanol–water partition coefficient (Wildman–Crippen LogP) is 7.60. The number of aliphatic hydroxyl groups excluding tert-OH is 7. The van der Waals surface area contributed by atoms with Crippen molar-refractivity contribution in [3.05, 3.63) is 42.0 Å². The van der Waals surface area contributed by atoms with Crippen LogP contribution in [0.2, 0.25) is 0 Å². The largest absolute Gasteiger partial charge is 0.456 e. The molecule has 6 heterocycles. The molecule has 0 aliphatic carbocycles. The van der Waals surface area contributed by atoms with E-state index >= 15 is 0 Å². The number of esters is 4. The van der Waals surface area contributed by atoms with E-state index in [1.165, 1.54) is 26.8 Å². The molecule has 0 amide bonds. The van der Waals surface area contributed by atoms with E-state index in [2.05, 4.69) is 13.8 Å². The van der Waals surface area contributed by atoms with E-state index in [0.717, 1.165) is 109 Å². The van der Waals surface area contributed by atoms with E-state index in [1.54, 1.807) is 52.0 Å². The number of hydrogen-bond donors (Lipinski definition) is 7. The van der Waals surface area contributed by atoms with Crippen molar-refractivity contribution in [1.82, 2.24) is 0 Å². The first-order valence-corrected chi connectivity index (χ1v) is 36.4. The van der Waals surface area contributed by atoms with Gasteiger partial charge in [0.1, 0.15) is 67.1 Å². The summed E-state index contributed by atoms with van der Waals surface area (Å²) in [7, 11) is 0. The maximum atomic E-state index is 14.6. The molecule has 0 saturated carbocycles. The van der Waals surface area contributed by atoms with E-state index < -0.39 is 183 Å². The molecule has 6 aliphatic rings. The van der Waals surface area contributed by atoms with Crippen LogP contribution in [0.25, 0.3) is 6.08 Å². The minimum Gasteiger partial charge on any atom is -0.456 e. The van der Waals surface area contributed by atoms with E-state index in [-0.39, 0.29) is 18.9 Å². The van der Waals surface area contributed by atoms with Crippen LogP contribution in [0, 0.1) is 5.92 Å². The van der Waals surface area contributed by atoms with E-state index in [1.807, 2.05) is 6.07 Å². The fourth-order valence-electron chi connectivity index (χ4n) is 13.3. The number of fused-ring (bicyclic) bond motifs is 3. The zero-order valence-electron chi connectivity index (χ0n) is 58.6. The number of benzene rings is 1. The molecule has 2 bridgehead atoms. The Morgan fingerprint density at radius 2 is 1.05 bits per heavy atom. The molecule has 7 rings (SSSR count). The Bertz CT molecular complexity index is 2490. The van der Waals surface area contributed by atoms with Gasteiger partial charge in [-0.05, 0) is 78.4 Å². The SMILES string of the molecule is CCCCCCCCCCCC(=O)OC1C(OC2C(C)OC3OC4C(OC(CCCCC)CCCCCCCCCC(=O)OC2C3O)OC(C)C(O)C4O)OC(C)C(OC2OC(C)C(OC(=O)C(C)CC)C(OC(=O)C=Cc3ccccc3)C2O)C1OC1OC(C)C(O)C(O)C1O. The molecule has 97 heavy (non-hydrogen) atoms. The summed E-state index contributed by atoms with van der Waals surface area (Å²) in [4.78, 5) is 56.0. The van der Waals surface area contributed by atoms with Gasteiger partial charge in [0, 0.05) is 18.9 Å². The van der Waals surface area contributed by atoms with Gasteiger partial charge in [0.25, 0.3) is 0 Å². The second-order valence-electron chi connectivity index (χ2n) is 27.5. The van der Waals surface area contributed by atoms with Crippen molar-refractivity contribution in [2.75, 3.05) is 0 Å². The number of unbranched alkanes of at least 4 members (excludes halogenated alkanes) is 10. The lowest BCUT2D eigenvalue weighted by molar-refractivity contribution is -0.399. The lowest BCUT2D eigenvalue weighted by Gasteiger charge is -2.51. The molecule has 554 valence electrons. The van der Waals surface area contributed by atoms with Crippen LogP contribution in [0.1, 0.15) is 222 Å². The maximum Gasteiger partial charge on any atom is 0.331 e. The highest BCUT2D eigenvalue weighted by Crippen LogP contribution is 2.40. The Balaban J connectivity index is 1.25. The van der Waals surface area contributed by atoms with E-state index in [9.17, 15) is 54.9 Å². The molecular weight excluding hydrogens is 1260 g/mol. The normalized spacial score (nSPS) is 38.5. The Kier molecular flexibility index (Phi) is 33.8. The second kappa shape index (κ2) is 40.7. The lowest BCUT2D eigenvalue weighted by atomic mass is 9.95. The maximum absolute atomic E-state index is 14.6. The van der Waals surface area contributed by atoms with Crippen molar-refractivity contribution in [2.45, 2.75) is 376 Å². The molecule has 27 atom stereocenters. The predicted molar refractivity (Wildman–Crippen MR) is 350 cm³/mol. The molecule has 0 spiro atoms. The summed E-state index contributed by atoms with van der Waals surface area (Å²) in [5.74, 6) is -3.62. The van der Waals surface area contributed by atoms with Gasteiger partial charge >= 0.3 is 23.9 Å². The van der Waals surface area contributed by atoms with Gasteiger partial charge in [0.2, 0.25) is 0 Å². The molecular formula is C72H116O25. The van der Waals surface area contributed by atoms with Crippen molar-refractivity contribution in [1.29, 1.82) is 0 Å². The summed E-state index contributed by atoms with van der Waals surface area (Å²) in [6, 6.07) is 8.90. The number of carbonyl (C=O) groups excluding carboxylic acids is 4. The summed E-state index contributed by atoms with van der Waals surface area (Å²) in [6.07, 6.45) is -17.7. The fraction of sp³-hybridized carbons (Fsp3) is 0.833. The molecule has 0 aromatic heterocycles. The summed E-state index contributed by atoms with van der Waals surface area (Å²) in [5.41, 5.74) is 0.665. The van der Waals surface area contributed by atoms with Crippen LogP contribution in [0.3, 0.4) is 0 Å². The summed E-state index contributed by atoms with van der Waals surface area (Å²) >= 11 is 0. The van der Waals surface area contributed by atoms with Crippen molar-refractivity contribution in [3.63, 3.8) is 0 Å². The van der Waals surface area contributed by atoms with E-state index in [4.69, 9.17) is 66.3 Å². The molecule has 25 heteroatoms. The molecule has 1 aromatic carbocycles. The first kappa shape index (κ1) is 80.5. The molecule has 27 unspecified atom stereocenters. The van der Waals surface area contributed by atoms with Gasteiger partial charge < -0.3 is 102 Å². The van der Waals surface area contributed by atoms with Crippen LogP contribution in [0.4, 0.5) is 0 Å². The summed E-state index contributed by atoms with van der Waals surface area (Å²) in [6.45, 7) is 15.4. The topological polar surface area (TPSA) is 339 Å². The van der Waals surface area contributed by atoms with Crippen molar-refractivity contribution in [3.8, 4) is 0 Å². The summed E-state index contributed by atoms with van der Waals surface area (Å²) < 4.78 is 89.9. The monoisotopic (exact) mass is 1380 g/mol. The zero-order chi connectivity index (χ0) is 70.3. The fourth-order valence-corrected chi connectivity index (χ4v) is 13.3. The van der Waals surface area contributed by atoms with Crippen LogP contribution in [-0.2, 0) is 85.5 Å². The molecule has 7 N–H and O–H groups in total. The van der Waals surface area contributed by atoms with Gasteiger partial charge in [-0.2, -0.15) is 0 Å². The number of ether oxygens (including phenoxy) is 14. The van der Waals surface area contributed by atoms with Crippen LogP contribution in [-0.4, -0.2) is 219 Å². The van der Waals surface area contributed by atoms with E-state index in [0.29, 0.717) is 44.1 Å². The number of aliphatic hydroxyl groups is 7. The average molecular weight is 1380 g/mol. The second-order valence-corrected chi connectivity index (χ2v) is 27.5. The molecule has 1 aromatic rings. The lowest BCUT2D eigenvalue weighted by Crippen LogP contribution is -2.68. The quantitative estimate of drug-likeness (QED) is 0.0193. The molecule has 0 radical (unpaired) electrons. The minimum atomic E-state index is -1.95. The minimum absolute atomic E-state index is 0.0435. The average Bonchev–Trinajstić information content (AvgIpc) is 0.748. The molecule has 6 fully saturated rings. The standard InChI is InChI=1S/C72H116O25/c1-10-13-15-16-17-18-21-24-32-38-50(74)92-66-65(97-68-56(80)54(78)52(76)42(5)84-68)61(94-69-57(81)62(59(44(7)86-69)93-67(83)41(4)12-3)91-51(75)40-39-47-33-28-26-29-34-47)46(9)88-72(66)95-60-45(8)87-70-58(82)63(60)90-49(73)37-31-25-22-19-20-23-30-36-48(35-27-14-11-2)89-71-64(96-70)55(79)53(77)43(6)85-71/h26,28-29,33-34,39-46,48,52-66,68-72,76-82H,10-25,27,30-32,35-38H2,1-9H3. The summed E-state index contributed by atoms with van der Waals surface area (Å²) in [5, 5.41) is 81.9. The number of rotatable bonds is 27. The number of carbonyl (C=O) groups is 4. The Hall–Kier alpha value is -3.84. The highest BCUT2D eigenvalue weighted by molar-refractivity contribution is 5.87. The first-order valence-electron chi connectivity index (χ1n) is 36.4. The Morgan fingerprint density at radius 1 is 0.495 bits per heavy atom. The smallest absolute Gasteiger partial charge is 0.331 e. The van der Waals surface area contributed by atoms with Gasteiger partial charge in [0.05, 0.1) is 42.5 Å². The first-order chi connectivity index (χ1) is 46.5. The van der Waals surface area contributed by atoms with Gasteiger partial charge in [-0.1, -0.05) is 167 Å².